The second-order valence-corrected chi connectivity index (χ2v) is 7.76. The third-order valence-corrected chi connectivity index (χ3v) is 6.15. The van der Waals surface area contributed by atoms with Gasteiger partial charge >= 0.3 is 0 Å². The molecule has 0 saturated carbocycles. The molecular formula is C17H25N3O3S. The first kappa shape index (κ1) is 18.5. The molecule has 0 aliphatic heterocycles. The van der Waals surface area contributed by atoms with E-state index in [-0.39, 0.29) is 4.90 Å². The number of nitrogens with zero attached hydrogens (tertiary/aromatic N) is 3. The van der Waals surface area contributed by atoms with Crippen molar-refractivity contribution in [3.05, 3.63) is 41.2 Å². The van der Waals surface area contributed by atoms with Gasteiger partial charge < -0.3 is 4.74 Å². The maximum absolute atomic E-state index is 12.6. The van der Waals surface area contributed by atoms with Crippen LogP contribution in [0, 0.1) is 13.8 Å². The normalized spacial score (nSPS) is 11.9. The fraction of sp³-hybridized carbons (Fsp3) is 0.471. The number of likely N-dealkylation sites (N-methyl/N-ethyl adjacent to an activating group) is 1. The van der Waals surface area contributed by atoms with Gasteiger partial charge in [-0.3, -0.25) is 4.68 Å². The maximum Gasteiger partial charge on any atom is 0.242 e. The smallest absolute Gasteiger partial charge is 0.242 e. The molecular weight excluding hydrogens is 326 g/mol. The van der Waals surface area contributed by atoms with Crippen LogP contribution in [0.3, 0.4) is 0 Å². The van der Waals surface area contributed by atoms with Gasteiger partial charge in [-0.25, -0.2) is 12.7 Å². The van der Waals surface area contributed by atoms with Crippen molar-refractivity contribution >= 4 is 10.0 Å². The number of sulfonamides is 1. The van der Waals surface area contributed by atoms with E-state index in [1.165, 1.54) is 4.31 Å². The molecule has 0 unspecified atom stereocenters. The molecule has 0 spiro atoms. The molecule has 132 valence electrons. The molecule has 0 bridgehead atoms. The van der Waals surface area contributed by atoms with Crippen LogP contribution in [0.25, 0.3) is 0 Å². The zero-order valence-electron chi connectivity index (χ0n) is 14.9. The molecule has 2 aromatic rings. The monoisotopic (exact) mass is 351 g/mol. The highest BCUT2D eigenvalue weighted by Gasteiger charge is 2.21. The van der Waals surface area contributed by atoms with E-state index in [1.807, 2.05) is 25.5 Å². The van der Waals surface area contributed by atoms with Crippen LogP contribution in [-0.4, -0.2) is 43.2 Å². The molecule has 7 heteroatoms. The lowest BCUT2D eigenvalue weighted by Crippen LogP contribution is -2.29. The van der Waals surface area contributed by atoms with Gasteiger partial charge in [0.2, 0.25) is 10.0 Å². The van der Waals surface area contributed by atoms with E-state index in [0.717, 1.165) is 23.5 Å². The minimum absolute atomic E-state index is 0.267. The molecule has 2 rings (SSSR count). The van der Waals surface area contributed by atoms with Gasteiger partial charge in [0, 0.05) is 25.8 Å². The average molecular weight is 351 g/mol. The van der Waals surface area contributed by atoms with Gasteiger partial charge in [0.05, 0.1) is 17.7 Å². The summed E-state index contributed by atoms with van der Waals surface area (Å²) in [6, 6.07) is 6.44. The summed E-state index contributed by atoms with van der Waals surface area (Å²) in [6.45, 7) is 7.25. The van der Waals surface area contributed by atoms with Crippen LogP contribution in [0.4, 0.5) is 0 Å². The SMILES string of the molecule is CCn1nc(C)c(CCN(C)S(=O)(=O)c2ccc(OC)cc2)c1C. The number of rotatable bonds is 7. The summed E-state index contributed by atoms with van der Waals surface area (Å²) in [5, 5.41) is 4.48. The number of hydrogen-bond donors (Lipinski definition) is 0. The molecule has 24 heavy (non-hydrogen) atoms. The van der Waals surface area contributed by atoms with Crippen molar-refractivity contribution in [3.8, 4) is 5.75 Å². The summed E-state index contributed by atoms with van der Waals surface area (Å²) in [6.07, 6.45) is 0.642. The number of aryl methyl sites for hydroxylation is 2. The zero-order valence-corrected chi connectivity index (χ0v) is 15.7. The summed E-state index contributed by atoms with van der Waals surface area (Å²) in [5.74, 6) is 0.634. The summed E-state index contributed by atoms with van der Waals surface area (Å²) in [7, 11) is -0.350. The van der Waals surface area contributed by atoms with Crippen molar-refractivity contribution in [1.29, 1.82) is 0 Å². The van der Waals surface area contributed by atoms with E-state index >= 15 is 0 Å². The number of hydrogen-bond acceptors (Lipinski definition) is 4. The Hall–Kier alpha value is -1.86. The lowest BCUT2D eigenvalue weighted by atomic mass is 10.1. The number of benzene rings is 1. The lowest BCUT2D eigenvalue weighted by molar-refractivity contribution is 0.414. The molecule has 1 aromatic carbocycles. The molecule has 1 aromatic heterocycles. The summed E-state index contributed by atoms with van der Waals surface area (Å²) >= 11 is 0. The fourth-order valence-electron chi connectivity index (χ4n) is 2.72. The molecule has 0 fully saturated rings. The van der Waals surface area contributed by atoms with Crippen LogP contribution in [0.1, 0.15) is 23.9 Å². The molecule has 0 saturated heterocycles. The molecule has 0 radical (unpaired) electrons. The molecule has 0 atom stereocenters. The Bertz CT molecular complexity index is 795. The number of methoxy groups -OCH3 is 1. The van der Waals surface area contributed by atoms with Crippen LogP contribution in [0.15, 0.2) is 29.2 Å². The van der Waals surface area contributed by atoms with Crippen LogP contribution < -0.4 is 4.74 Å². The van der Waals surface area contributed by atoms with E-state index in [0.29, 0.717) is 18.7 Å². The van der Waals surface area contributed by atoms with E-state index < -0.39 is 10.0 Å². The van der Waals surface area contributed by atoms with Crippen molar-refractivity contribution in [2.75, 3.05) is 20.7 Å². The molecule has 0 aliphatic carbocycles. The quantitative estimate of drug-likeness (QED) is 0.768. The third-order valence-electron chi connectivity index (χ3n) is 4.28. The van der Waals surface area contributed by atoms with Crippen LogP contribution in [0.5, 0.6) is 5.75 Å². The minimum Gasteiger partial charge on any atom is -0.497 e. The summed E-state index contributed by atoms with van der Waals surface area (Å²) in [4.78, 5) is 0.267. The van der Waals surface area contributed by atoms with Crippen LogP contribution in [0.2, 0.25) is 0 Å². The largest absolute Gasteiger partial charge is 0.497 e. The second kappa shape index (κ2) is 7.36. The van der Waals surface area contributed by atoms with Gasteiger partial charge in [-0.15, -0.1) is 0 Å². The van der Waals surface area contributed by atoms with Crippen molar-refractivity contribution in [2.24, 2.45) is 0 Å². The van der Waals surface area contributed by atoms with Crippen molar-refractivity contribution in [3.63, 3.8) is 0 Å². The van der Waals surface area contributed by atoms with Crippen molar-refractivity contribution in [1.82, 2.24) is 14.1 Å². The van der Waals surface area contributed by atoms with Gasteiger partial charge in [0.15, 0.2) is 0 Å². The first-order chi connectivity index (χ1) is 11.3. The van der Waals surface area contributed by atoms with Gasteiger partial charge in [0.25, 0.3) is 0 Å². The van der Waals surface area contributed by atoms with Gasteiger partial charge in [0.1, 0.15) is 5.75 Å². The zero-order chi connectivity index (χ0) is 17.9. The third kappa shape index (κ3) is 3.62. The fourth-order valence-corrected chi connectivity index (χ4v) is 3.89. The van der Waals surface area contributed by atoms with E-state index in [4.69, 9.17) is 4.74 Å². The highest BCUT2D eigenvalue weighted by atomic mass is 32.2. The average Bonchev–Trinajstić information content (AvgIpc) is 2.86. The summed E-state index contributed by atoms with van der Waals surface area (Å²) < 4.78 is 33.7. The highest BCUT2D eigenvalue weighted by Crippen LogP contribution is 2.20. The van der Waals surface area contributed by atoms with Crippen LogP contribution >= 0.6 is 0 Å². The standard InChI is InChI=1S/C17H25N3O3S/c1-6-20-14(3)17(13(2)18-20)11-12-19(4)24(21,22)16-9-7-15(23-5)8-10-16/h7-10H,6,11-12H2,1-5H3. The van der Waals surface area contributed by atoms with Gasteiger partial charge in [-0.1, -0.05) is 0 Å². The molecule has 1 heterocycles. The topological polar surface area (TPSA) is 64.4 Å². The Morgan fingerprint density at radius 1 is 1.21 bits per heavy atom. The highest BCUT2D eigenvalue weighted by molar-refractivity contribution is 7.89. The molecule has 0 N–H and O–H groups in total. The Morgan fingerprint density at radius 2 is 1.83 bits per heavy atom. The Morgan fingerprint density at radius 3 is 2.33 bits per heavy atom. The predicted molar refractivity (Wildman–Crippen MR) is 93.9 cm³/mol. The molecule has 6 nitrogen and oxygen atoms in total. The van der Waals surface area contributed by atoms with Crippen molar-refractivity contribution < 1.29 is 13.2 Å². The van der Waals surface area contributed by atoms with E-state index in [2.05, 4.69) is 5.10 Å². The van der Waals surface area contributed by atoms with Crippen LogP contribution in [-0.2, 0) is 23.0 Å². The first-order valence-electron chi connectivity index (χ1n) is 7.94. The molecule has 0 amide bonds. The second-order valence-electron chi connectivity index (χ2n) is 5.72. The minimum atomic E-state index is -3.51. The molecule has 0 aliphatic rings. The number of ether oxygens (including phenoxy) is 1. The van der Waals surface area contributed by atoms with E-state index in [9.17, 15) is 8.42 Å². The van der Waals surface area contributed by atoms with E-state index in [1.54, 1.807) is 38.4 Å². The van der Waals surface area contributed by atoms with Gasteiger partial charge in [-0.05, 0) is 57.0 Å². The summed E-state index contributed by atoms with van der Waals surface area (Å²) in [5.41, 5.74) is 3.18. The first-order valence-corrected chi connectivity index (χ1v) is 9.38. The van der Waals surface area contributed by atoms with Gasteiger partial charge in [-0.2, -0.15) is 5.10 Å². The van der Waals surface area contributed by atoms with Crippen molar-refractivity contribution in [2.45, 2.75) is 38.6 Å². The lowest BCUT2D eigenvalue weighted by Gasteiger charge is -2.17. The Balaban J connectivity index is 2.13. The maximum atomic E-state index is 12.6. The predicted octanol–water partition coefficient (Wildman–Crippen LogP) is 2.39. The number of aromatic nitrogens is 2. The Labute approximate surface area is 144 Å². The Kier molecular flexibility index (Phi) is 5.66.